The highest BCUT2D eigenvalue weighted by Crippen LogP contribution is 2.77. The van der Waals surface area contributed by atoms with Gasteiger partial charge in [0.2, 0.25) is 0 Å². The van der Waals surface area contributed by atoms with Gasteiger partial charge in [-0.3, -0.25) is 0 Å². The molecule has 0 aromatic rings. The van der Waals surface area contributed by atoms with Gasteiger partial charge in [0.05, 0.1) is 5.60 Å². The molecule has 5 fully saturated rings. The molecule has 0 aliphatic heterocycles. The minimum atomic E-state index is -0.531. The summed E-state index contributed by atoms with van der Waals surface area (Å²) in [5, 5.41) is 11.4. The Morgan fingerprint density at radius 1 is 0.719 bits per heavy atom. The Balaban J connectivity index is 1.54. The maximum absolute atomic E-state index is 11.4. The molecule has 0 saturated heterocycles. The van der Waals surface area contributed by atoms with Crippen LogP contribution in [0, 0.1) is 56.7 Å². The van der Waals surface area contributed by atoms with E-state index in [-0.39, 0.29) is 5.41 Å². The van der Waals surface area contributed by atoms with Gasteiger partial charge in [-0.25, -0.2) is 0 Å². The Kier molecular flexibility index (Phi) is 4.89. The molecule has 0 bridgehead atoms. The van der Waals surface area contributed by atoms with Gasteiger partial charge < -0.3 is 5.11 Å². The van der Waals surface area contributed by atoms with Crippen LogP contribution < -0.4 is 0 Å². The Bertz CT molecular complexity index is 807. The van der Waals surface area contributed by atoms with Crippen LogP contribution in [0.15, 0.2) is 12.2 Å². The lowest BCUT2D eigenvalue weighted by atomic mass is 9.31. The summed E-state index contributed by atoms with van der Waals surface area (Å²) >= 11 is 0. The molecule has 1 nitrogen and oxygen atoms in total. The fraction of sp³-hybridized carbons (Fsp3) is 0.935. The van der Waals surface area contributed by atoms with Crippen molar-refractivity contribution >= 4 is 0 Å². The quantitative estimate of drug-likeness (QED) is 0.406. The minimum absolute atomic E-state index is 0.000715. The second kappa shape index (κ2) is 6.67. The van der Waals surface area contributed by atoms with Crippen molar-refractivity contribution in [3.05, 3.63) is 12.2 Å². The molecular formula is C31H52O. The summed E-state index contributed by atoms with van der Waals surface area (Å²) in [5.41, 5.74) is 2.74. The van der Waals surface area contributed by atoms with Crippen LogP contribution in [0.3, 0.4) is 0 Å². The molecule has 10 atom stereocenters. The smallest absolute Gasteiger partial charge is 0.0673 e. The average molecular weight is 441 g/mol. The van der Waals surface area contributed by atoms with Crippen molar-refractivity contribution in [2.45, 2.75) is 125 Å². The van der Waals surface area contributed by atoms with E-state index >= 15 is 0 Å². The van der Waals surface area contributed by atoms with Crippen molar-refractivity contribution in [3.8, 4) is 0 Å². The van der Waals surface area contributed by atoms with Crippen LogP contribution in [0.25, 0.3) is 0 Å². The second-order valence-electron chi connectivity index (χ2n) is 15.3. The number of aliphatic hydroxyl groups is 1. The molecule has 0 spiro atoms. The normalized spacial score (nSPS) is 58.8. The van der Waals surface area contributed by atoms with E-state index in [2.05, 4.69) is 62.0 Å². The summed E-state index contributed by atoms with van der Waals surface area (Å²) < 4.78 is 0. The zero-order chi connectivity index (χ0) is 23.5. The van der Waals surface area contributed by atoms with E-state index in [1.54, 1.807) is 0 Å². The van der Waals surface area contributed by atoms with Crippen LogP contribution in [0.4, 0.5) is 0 Å². The van der Waals surface area contributed by atoms with Crippen molar-refractivity contribution in [2.24, 2.45) is 56.7 Å². The lowest BCUT2D eigenvalue weighted by Gasteiger charge is -2.73. The maximum atomic E-state index is 11.4. The van der Waals surface area contributed by atoms with Crippen molar-refractivity contribution in [2.75, 3.05) is 0 Å². The summed E-state index contributed by atoms with van der Waals surface area (Å²) in [6, 6.07) is 0. The van der Waals surface area contributed by atoms with E-state index in [4.69, 9.17) is 0 Å². The number of fused-ring (bicyclic) bond motifs is 7. The van der Waals surface area contributed by atoms with E-state index in [9.17, 15) is 5.11 Å². The number of rotatable bonds is 1. The van der Waals surface area contributed by atoms with E-state index in [0.717, 1.165) is 30.1 Å². The number of hydrogen-bond donors (Lipinski definition) is 1. The molecule has 5 saturated carbocycles. The van der Waals surface area contributed by atoms with Gasteiger partial charge in [-0.1, -0.05) is 53.7 Å². The van der Waals surface area contributed by atoms with E-state index in [1.165, 1.54) is 63.4 Å². The highest BCUT2D eigenvalue weighted by molar-refractivity contribution is 5.21. The van der Waals surface area contributed by atoms with Crippen LogP contribution >= 0.6 is 0 Å². The Labute approximate surface area is 199 Å². The molecule has 1 N–H and O–H groups in total. The molecular weight excluding hydrogens is 388 g/mol. The van der Waals surface area contributed by atoms with Crippen molar-refractivity contribution in [3.63, 3.8) is 0 Å². The maximum Gasteiger partial charge on any atom is 0.0673 e. The molecule has 0 aromatic carbocycles. The lowest BCUT2D eigenvalue weighted by molar-refractivity contribution is -0.261. The highest BCUT2D eigenvalue weighted by Gasteiger charge is 2.71. The third kappa shape index (κ3) is 2.62. The second-order valence-corrected chi connectivity index (χ2v) is 15.3. The van der Waals surface area contributed by atoms with Gasteiger partial charge in [0, 0.05) is 0 Å². The first-order valence-electron chi connectivity index (χ1n) is 14.0. The SMILES string of the molecule is C=C(C)C1CCC2(C)CCC3(C)C(CCC4C5(C)CCC(C)(O)C(C)(C)C5CCC43C)C12. The van der Waals surface area contributed by atoms with Gasteiger partial charge in [-0.05, 0) is 135 Å². The molecule has 5 aliphatic rings. The molecule has 0 heterocycles. The highest BCUT2D eigenvalue weighted by atomic mass is 16.3. The summed E-state index contributed by atoms with van der Waals surface area (Å²) in [6.45, 7) is 24.5. The van der Waals surface area contributed by atoms with Crippen molar-refractivity contribution < 1.29 is 5.11 Å². The molecule has 10 unspecified atom stereocenters. The molecule has 32 heavy (non-hydrogen) atoms. The van der Waals surface area contributed by atoms with Gasteiger partial charge in [0.1, 0.15) is 0 Å². The van der Waals surface area contributed by atoms with Gasteiger partial charge in [0.15, 0.2) is 0 Å². The van der Waals surface area contributed by atoms with Gasteiger partial charge in [0.25, 0.3) is 0 Å². The largest absolute Gasteiger partial charge is 0.390 e. The van der Waals surface area contributed by atoms with Crippen molar-refractivity contribution in [1.29, 1.82) is 0 Å². The fourth-order valence-corrected chi connectivity index (χ4v) is 11.6. The molecule has 5 aliphatic carbocycles. The fourth-order valence-electron chi connectivity index (χ4n) is 11.6. The van der Waals surface area contributed by atoms with Gasteiger partial charge in [-0.2, -0.15) is 0 Å². The summed E-state index contributed by atoms with van der Waals surface area (Å²) in [5.74, 6) is 3.91. The van der Waals surface area contributed by atoms with Gasteiger partial charge >= 0.3 is 0 Å². The van der Waals surface area contributed by atoms with Gasteiger partial charge in [-0.15, -0.1) is 0 Å². The topological polar surface area (TPSA) is 20.2 Å². The molecule has 1 heteroatoms. The zero-order valence-electron chi connectivity index (χ0n) is 22.6. The lowest BCUT2D eigenvalue weighted by Crippen LogP contribution is -2.67. The first kappa shape index (κ1) is 23.4. The molecule has 182 valence electrons. The molecule has 0 amide bonds. The first-order chi connectivity index (χ1) is 14.6. The molecule has 0 radical (unpaired) electrons. The third-order valence-electron chi connectivity index (χ3n) is 14.2. The molecule has 0 aromatic heterocycles. The minimum Gasteiger partial charge on any atom is -0.390 e. The Morgan fingerprint density at radius 2 is 1.41 bits per heavy atom. The summed E-state index contributed by atoms with van der Waals surface area (Å²) in [4.78, 5) is 0. The predicted molar refractivity (Wildman–Crippen MR) is 135 cm³/mol. The van der Waals surface area contributed by atoms with Crippen LogP contribution in [-0.4, -0.2) is 10.7 Å². The zero-order valence-corrected chi connectivity index (χ0v) is 22.6. The summed E-state index contributed by atoms with van der Waals surface area (Å²) in [7, 11) is 0. The van der Waals surface area contributed by atoms with Crippen LogP contribution in [0.1, 0.15) is 120 Å². The van der Waals surface area contributed by atoms with E-state index in [0.29, 0.717) is 27.6 Å². The summed E-state index contributed by atoms with van der Waals surface area (Å²) in [6.07, 6.45) is 13.4. The monoisotopic (exact) mass is 440 g/mol. The third-order valence-corrected chi connectivity index (χ3v) is 14.2. The standard InChI is InChI=1S/C31H52O/c1-20(2)21-12-14-27(5)16-18-29(7)22(25(21)27)10-11-24-28(6)17-19-31(9,32)26(3,4)23(28)13-15-30(24,29)8/h21-25,32H,1,10-19H2,2-9H3. The van der Waals surface area contributed by atoms with Crippen LogP contribution in [0.2, 0.25) is 0 Å². The van der Waals surface area contributed by atoms with Crippen molar-refractivity contribution in [1.82, 2.24) is 0 Å². The Hall–Kier alpha value is -0.300. The van der Waals surface area contributed by atoms with E-state index < -0.39 is 5.60 Å². The van der Waals surface area contributed by atoms with Crippen LogP contribution in [0.5, 0.6) is 0 Å². The van der Waals surface area contributed by atoms with Crippen LogP contribution in [-0.2, 0) is 0 Å². The number of allylic oxidation sites excluding steroid dienone is 1. The Morgan fingerprint density at radius 3 is 2.06 bits per heavy atom. The number of hydrogen-bond acceptors (Lipinski definition) is 1. The molecule has 5 rings (SSSR count). The first-order valence-corrected chi connectivity index (χ1v) is 14.0. The average Bonchev–Trinajstić information content (AvgIpc) is 3.04. The van der Waals surface area contributed by atoms with E-state index in [1.807, 2.05) is 0 Å². The predicted octanol–water partition coefficient (Wildman–Crippen LogP) is 8.41.